The van der Waals surface area contributed by atoms with Gasteiger partial charge >= 0.3 is 0 Å². The standard InChI is InChI=1S/C14H18N4O/c1-10-5-4-6-13(9-10)19-8-7-15-14-16-11(2)12(3)17-18-14/h4-6,9H,7-8H2,1-3H3,(H,15,16,18). The maximum absolute atomic E-state index is 5.62. The zero-order valence-corrected chi connectivity index (χ0v) is 11.5. The molecule has 19 heavy (non-hydrogen) atoms. The minimum atomic E-state index is 0.538. The number of benzene rings is 1. The Labute approximate surface area is 113 Å². The van der Waals surface area contributed by atoms with E-state index in [4.69, 9.17) is 4.74 Å². The van der Waals surface area contributed by atoms with Crippen molar-refractivity contribution in [2.75, 3.05) is 18.5 Å². The molecule has 1 heterocycles. The molecule has 100 valence electrons. The third-order valence-electron chi connectivity index (χ3n) is 2.74. The summed E-state index contributed by atoms with van der Waals surface area (Å²) in [5.74, 6) is 1.41. The molecular formula is C14H18N4O. The Bertz CT molecular complexity index is 557. The minimum Gasteiger partial charge on any atom is -0.492 e. The lowest BCUT2D eigenvalue weighted by Gasteiger charge is -2.08. The fourth-order valence-corrected chi connectivity index (χ4v) is 1.57. The molecule has 1 aromatic heterocycles. The van der Waals surface area contributed by atoms with Crippen molar-refractivity contribution < 1.29 is 4.74 Å². The Morgan fingerprint density at radius 1 is 1.11 bits per heavy atom. The van der Waals surface area contributed by atoms with Crippen molar-refractivity contribution in [1.82, 2.24) is 15.2 Å². The number of hydrogen-bond donors (Lipinski definition) is 1. The quantitative estimate of drug-likeness (QED) is 0.834. The van der Waals surface area contributed by atoms with Gasteiger partial charge in [-0.15, -0.1) is 5.10 Å². The molecule has 2 rings (SSSR count). The summed E-state index contributed by atoms with van der Waals surface area (Å²) < 4.78 is 5.62. The number of anilines is 1. The van der Waals surface area contributed by atoms with Crippen LogP contribution >= 0.6 is 0 Å². The predicted octanol–water partition coefficient (Wildman–Crippen LogP) is 2.29. The van der Waals surface area contributed by atoms with Crippen molar-refractivity contribution in [3.8, 4) is 5.75 Å². The second kappa shape index (κ2) is 6.13. The molecule has 0 bridgehead atoms. The normalized spacial score (nSPS) is 10.3. The lowest BCUT2D eigenvalue weighted by Crippen LogP contribution is -2.14. The molecule has 1 aromatic carbocycles. The molecule has 0 amide bonds. The summed E-state index contributed by atoms with van der Waals surface area (Å²) in [5, 5.41) is 11.1. The van der Waals surface area contributed by atoms with E-state index in [1.54, 1.807) is 0 Å². The Balaban J connectivity index is 1.79. The number of nitrogens with one attached hydrogen (secondary N) is 1. The average Bonchev–Trinajstić information content (AvgIpc) is 2.39. The van der Waals surface area contributed by atoms with E-state index < -0.39 is 0 Å². The van der Waals surface area contributed by atoms with Crippen molar-refractivity contribution in [2.24, 2.45) is 0 Å². The molecule has 1 N–H and O–H groups in total. The number of aryl methyl sites for hydroxylation is 3. The SMILES string of the molecule is Cc1cccc(OCCNc2nnc(C)c(C)n2)c1. The molecular weight excluding hydrogens is 240 g/mol. The second-order valence-electron chi connectivity index (χ2n) is 4.40. The summed E-state index contributed by atoms with van der Waals surface area (Å²) in [7, 11) is 0. The highest BCUT2D eigenvalue weighted by Crippen LogP contribution is 2.11. The molecule has 0 atom stereocenters. The molecule has 0 radical (unpaired) electrons. The van der Waals surface area contributed by atoms with Gasteiger partial charge in [-0.25, -0.2) is 4.98 Å². The van der Waals surface area contributed by atoms with Crippen LogP contribution in [0.1, 0.15) is 17.0 Å². The third kappa shape index (κ3) is 3.91. The molecule has 0 aliphatic heterocycles. The second-order valence-corrected chi connectivity index (χ2v) is 4.40. The van der Waals surface area contributed by atoms with Crippen LogP contribution in [0.25, 0.3) is 0 Å². The van der Waals surface area contributed by atoms with Gasteiger partial charge in [-0.1, -0.05) is 12.1 Å². The Morgan fingerprint density at radius 2 is 1.95 bits per heavy atom. The first-order chi connectivity index (χ1) is 9.15. The van der Waals surface area contributed by atoms with Crippen molar-refractivity contribution in [3.05, 3.63) is 41.2 Å². The summed E-state index contributed by atoms with van der Waals surface area (Å²) >= 11 is 0. The van der Waals surface area contributed by atoms with Gasteiger partial charge in [0, 0.05) is 0 Å². The van der Waals surface area contributed by atoms with Crippen molar-refractivity contribution in [2.45, 2.75) is 20.8 Å². The predicted molar refractivity (Wildman–Crippen MR) is 74.5 cm³/mol. The van der Waals surface area contributed by atoms with Crippen molar-refractivity contribution in [3.63, 3.8) is 0 Å². The highest BCUT2D eigenvalue weighted by molar-refractivity contribution is 5.28. The lowest BCUT2D eigenvalue weighted by molar-refractivity contribution is 0.332. The van der Waals surface area contributed by atoms with Crippen LogP contribution in [0.3, 0.4) is 0 Å². The molecule has 0 spiro atoms. The zero-order valence-electron chi connectivity index (χ0n) is 11.5. The van der Waals surface area contributed by atoms with E-state index in [2.05, 4.69) is 20.5 Å². The van der Waals surface area contributed by atoms with Gasteiger partial charge in [0.15, 0.2) is 0 Å². The Morgan fingerprint density at radius 3 is 2.68 bits per heavy atom. The fourth-order valence-electron chi connectivity index (χ4n) is 1.57. The molecule has 0 aliphatic carbocycles. The largest absolute Gasteiger partial charge is 0.492 e. The van der Waals surface area contributed by atoms with E-state index in [9.17, 15) is 0 Å². The van der Waals surface area contributed by atoms with Crippen LogP contribution in [0.4, 0.5) is 5.95 Å². The van der Waals surface area contributed by atoms with Gasteiger partial charge in [-0.05, 0) is 38.5 Å². The first-order valence-corrected chi connectivity index (χ1v) is 6.26. The van der Waals surface area contributed by atoms with Gasteiger partial charge < -0.3 is 10.1 Å². The van der Waals surface area contributed by atoms with Gasteiger partial charge in [0.1, 0.15) is 12.4 Å². The first-order valence-electron chi connectivity index (χ1n) is 6.26. The summed E-state index contributed by atoms with van der Waals surface area (Å²) in [6.07, 6.45) is 0. The van der Waals surface area contributed by atoms with Crippen LogP contribution in [0.2, 0.25) is 0 Å². The van der Waals surface area contributed by atoms with Crippen LogP contribution < -0.4 is 10.1 Å². The smallest absolute Gasteiger partial charge is 0.243 e. The molecule has 0 fully saturated rings. The van der Waals surface area contributed by atoms with Gasteiger partial charge in [-0.2, -0.15) is 5.10 Å². The van der Waals surface area contributed by atoms with E-state index >= 15 is 0 Å². The van der Waals surface area contributed by atoms with Crippen LogP contribution in [0.5, 0.6) is 5.75 Å². The van der Waals surface area contributed by atoms with Crippen molar-refractivity contribution >= 4 is 5.95 Å². The molecule has 2 aromatic rings. The van der Waals surface area contributed by atoms with Gasteiger partial charge in [0.25, 0.3) is 0 Å². The number of rotatable bonds is 5. The van der Waals surface area contributed by atoms with Gasteiger partial charge in [0.2, 0.25) is 5.95 Å². The Hall–Kier alpha value is -2.17. The molecule has 0 saturated carbocycles. The summed E-state index contributed by atoms with van der Waals surface area (Å²) in [6.45, 7) is 7.04. The molecule has 0 saturated heterocycles. The maximum Gasteiger partial charge on any atom is 0.243 e. The fraction of sp³-hybridized carbons (Fsp3) is 0.357. The van der Waals surface area contributed by atoms with E-state index in [1.807, 2.05) is 45.0 Å². The number of nitrogens with zero attached hydrogens (tertiary/aromatic N) is 3. The molecule has 0 aliphatic rings. The number of ether oxygens (including phenoxy) is 1. The summed E-state index contributed by atoms with van der Waals surface area (Å²) in [6, 6.07) is 7.98. The molecule has 5 heteroatoms. The first kappa shape index (κ1) is 13.3. The van der Waals surface area contributed by atoms with E-state index in [0.29, 0.717) is 19.1 Å². The maximum atomic E-state index is 5.62. The topological polar surface area (TPSA) is 59.9 Å². The lowest BCUT2D eigenvalue weighted by atomic mass is 10.2. The summed E-state index contributed by atoms with van der Waals surface area (Å²) in [5.41, 5.74) is 2.92. The average molecular weight is 258 g/mol. The third-order valence-corrected chi connectivity index (χ3v) is 2.74. The highest BCUT2D eigenvalue weighted by Gasteiger charge is 2.00. The zero-order chi connectivity index (χ0) is 13.7. The van der Waals surface area contributed by atoms with E-state index in [1.165, 1.54) is 5.56 Å². The van der Waals surface area contributed by atoms with Gasteiger partial charge in [-0.3, -0.25) is 0 Å². The van der Waals surface area contributed by atoms with Crippen LogP contribution in [-0.4, -0.2) is 28.3 Å². The number of hydrogen-bond acceptors (Lipinski definition) is 5. The van der Waals surface area contributed by atoms with Gasteiger partial charge in [0.05, 0.1) is 17.9 Å². The van der Waals surface area contributed by atoms with Crippen LogP contribution in [-0.2, 0) is 0 Å². The highest BCUT2D eigenvalue weighted by atomic mass is 16.5. The molecule has 0 unspecified atom stereocenters. The Kier molecular flexibility index (Phi) is 4.28. The van der Waals surface area contributed by atoms with E-state index in [-0.39, 0.29) is 0 Å². The summed E-state index contributed by atoms with van der Waals surface area (Å²) in [4.78, 5) is 4.29. The van der Waals surface area contributed by atoms with Crippen molar-refractivity contribution in [1.29, 1.82) is 0 Å². The monoisotopic (exact) mass is 258 g/mol. The molecule has 5 nitrogen and oxygen atoms in total. The number of aromatic nitrogens is 3. The van der Waals surface area contributed by atoms with Crippen LogP contribution in [0, 0.1) is 20.8 Å². The van der Waals surface area contributed by atoms with E-state index in [0.717, 1.165) is 17.1 Å². The minimum absolute atomic E-state index is 0.538. The van der Waals surface area contributed by atoms with Crippen LogP contribution in [0.15, 0.2) is 24.3 Å².